The third kappa shape index (κ3) is 3.07. The molecule has 1 aliphatic carbocycles. The Bertz CT molecular complexity index is 240. The van der Waals surface area contributed by atoms with Crippen LogP contribution >= 0.6 is 0 Å². The van der Waals surface area contributed by atoms with Gasteiger partial charge in [0.15, 0.2) is 0 Å². The van der Waals surface area contributed by atoms with Crippen LogP contribution in [0.4, 0.5) is 0 Å². The zero-order valence-corrected chi connectivity index (χ0v) is 11.7. The first-order valence-electron chi connectivity index (χ1n) is 5.76. The molecule has 0 aromatic heterocycles. The van der Waals surface area contributed by atoms with Crippen molar-refractivity contribution in [3.63, 3.8) is 0 Å². The highest BCUT2D eigenvalue weighted by Gasteiger charge is 2.46. The van der Waals surface area contributed by atoms with Gasteiger partial charge in [-0.2, -0.15) is 0 Å². The Balaban J connectivity index is 2.79. The lowest BCUT2D eigenvalue weighted by Gasteiger charge is -2.28. The fraction of sp³-hybridized carbons (Fsp3) is 0.818. The van der Waals surface area contributed by atoms with Crippen LogP contribution in [-0.2, 0) is 17.7 Å². The summed E-state index contributed by atoms with van der Waals surface area (Å²) >= 11 is 0. The van der Waals surface area contributed by atoms with Crippen LogP contribution in [0, 0.1) is 0 Å². The summed E-state index contributed by atoms with van der Waals surface area (Å²) in [5.41, 5.74) is 1.37. The van der Waals surface area contributed by atoms with Gasteiger partial charge in [-0.25, -0.2) is 0 Å². The minimum Gasteiger partial charge on any atom is -0.484 e. The highest BCUT2D eigenvalue weighted by atomic mass is 28.4. The van der Waals surface area contributed by atoms with E-state index in [9.17, 15) is 0 Å². The van der Waals surface area contributed by atoms with E-state index in [0.29, 0.717) is 0 Å². The van der Waals surface area contributed by atoms with Gasteiger partial charge in [0.1, 0.15) is 0 Å². The van der Waals surface area contributed by atoms with Crippen LogP contribution in [0.2, 0.25) is 0 Å². The van der Waals surface area contributed by atoms with Gasteiger partial charge in [0.25, 0.3) is 0 Å². The standard InChI is InChI=1S/C11H22O4Si/c1-5-10-8-6-7-9-11(10)15-16(12-2,13-3)14-4/h5-9H2,1-4H3. The number of allylic oxidation sites excluding steroid dienone is 2. The van der Waals surface area contributed by atoms with Crippen molar-refractivity contribution in [2.45, 2.75) is 39.0 Å². The summed E-state index contributed by atoms with van der Waals surface area (Å²) in [7, 11) is 1.77. The van der Waals surface area contributed by atoms with E-state index in [4.69, 9.17) is 17.7 Å². The molecule has 1 aliphatic rings. The molecule has 4 nitrogen and oxygen atoms in total. The first-order valence-corrected chi connectivity index (χ1v) is 7.40. The molecule has 16 heavy (non-hydrogen) atoms. The summed E-state index contributed by atoms with van der Waals surface area (Å²) in [6, 6.07) is 0. The lowest BCUT2D eigenvalue weighted by atomic mass is 9.96. The molecule has 0 amide bonds. The third-order valence-electron chi connectivity index (χ3n) is 2.95. The minimum atomic E-state index is -2.92. The first-order chi connectivity index (χ1) is 7.71. The van der Waals surface area contributed by atoms with Crippen molar-refractivity contribution in [1.82, 2.24) is 0 Å². The summed E-state index contributed by atoms with van der Waals surface area (Å²) < 4.78 is 21.7. The molecule has 0 heterocycles. The molecule has 0 saturated heterocycles. The second kappa shape index (κ2) is 6.39. The van der Waals surface area contributed by atoms with Crippen molar-refractivity contribution in [3.05, 3.63) is 11.3 Å². The molecule has 0 aromatic rings. The smallest absolute Gasteiger partial charge is 0.484 e. The van der Waals surface area contributed by atoms with Crippen molar-refractivity contribution in [1.29, 1.82) is 0 Å². The molecule has 1 rings (SSSR count). The van der Waals surface area contributed by atoms with Crippen LogP contribution in [-0.4, -0.2) is 30.4 Å². The Morgan fingerprint density at radius 3 is 2.06 bits per heavy atom. The summed E-state index contributed by atoms with van der Waals surface area (Å²) in [6.45, 7) is 2.15. The molecule has 94 valence electrons. The molecule has 0 N–H and O–H groups in total. The van der Waals surface area contributed by atoms with Gasteiger partial charge >= 0.3 is 9.05 Å². The fourth-order valence-corrected chi connectivity index (χ4v) is 3.26. The van der Waals surface area contributed by atoms with Crippen molar-refractivity contribution >= 4 is 9.05 Å². The Labute approximate surface area is 99.0 Å². The molecule has 0 unspecified atom stereocenters. The van der Waals surface area contributed by atoms with E-state index >= 15 is 0 Å². The first kappa shape index (κ1) is 13.7. The lowest BCUT2D eigenvalue weighted by molar-refractivity contribution is 0.0234. The van der Waals surface area contributed by atoms with Gasteiger partial charge < -0.3 is 17.7 Å². The maximum atomic E-state index is 5.88. The Morgan fingerprint density at radius 1 is 1.00 bits per heavy atom. The largest absolute Gasteiger partial charge is 0.748 e. The van der Waals surface area contributed by atoms with Gasteiger partial charge in [0.2, 0.25) is 0 Å². The zero-order chi connectivity index (χ0) is 12.0. The van der Waals surface area contributed by atoms with E-state index in [1.807, 2.05) is 0 Å². The number of rotatable bonds is 6. The van der Waals surface area contributed by atoms with Crippen LogP contribution in [0.3, 0.4) is 0 Å². The summed E-state index contributed by atoms with van der Waals surface area (Å²) in [5, 5.41) is 0. The maximum absolute atomic E-state index is 5.88. The van der Waals surface area contributed by atoms with Crippen LogP contribution in [0.5, 0.6) is 0 Å². The van der Waals surface area contributed by atoms with Crippen LogP contribution in [0.25, 0.3) is 0 Å². The van der Waals surface area contributed by atoms with Gasteiger partial charge in [-0.15, -0.1) is 0 Å². The Morgan fingerprint density at radius 2 is 1.56 bits per heavy atom. The second-order valence-electron chi connectivity index (χ2n) is 3.80. The summed E-state index contributed by atoms with van der Waals surface area (Å²) in [6.07, 6.45) is 5.52. The molecular formula is C11H22O4Si. The molecule has 0 fully saturated rings. The fourth-order valence-electron chi connectivity index (χ4n) is 1.96. The summed E-state index contributed by atoms with van der Waals surface area (Å²) in [5.74, 6) is 1.02. The number of hydrogen-bond donors (Lipinski definition) is 0. The van der Waals surface area contributed by atoms with E-state index < -0.39 is 9.05 Å². The molecule has 0 aromatic carbocycles. The topological polar surface area (TPSA) is 36.9 Å². The normalized spacial score (nSPS) is 17.8. The van der Waals surface area contributed by atoms with Crippen molar-refractivity contribution < 1.29 is 17.7 Å². The van der Waals surface area contributed by atoms with E-state index in [1.165, 1.54) is 18.4 Å². The third-order valence-corrected chi connectivity index (χ3v) is 4.95. The molecule has 0 radical (unpaired) electrons. The monoisotopic (exact) mass is 246 g/mol. The molecule has 0 spiro atoms. The average Bonchev–Trinajstić information content (AvgIpc) is 2.36. The SMILES string of the molecule is CCC1=C(O[Si](OC)(OC)OC)CCCC1. The molecule has 0 saturated carbocycles. The summed E-state index contributed by atoms with van der Waals surface area (Å²) in [4.78, 5) is 0. The predicted molar refractivity (Wildman–Crippen MR) is 63.7 cm³/mol. The van der Waals surface area contributed by atoms with Gasteiger partial charge in [0.05, 0.1) is 5.76 Å². The van der Waals surface area contributed by atoms with Gasteiger partial charge in [-0.1, -0.05) is 6.92 Å². The van der Waals surface area contributed by atoms with Crippen molar-refractivity contribution in [2.24, 2.45) is 0 Å². The number of hydrogen-bond acceptors (Lipinski definition) is 4. The molecule has 0 atom stereocenters. The Hall–Kier alpha value is -0.363. The lowest BCUT2D eigenvalue weighted by Crippen LogP contribution is -2.46. The van der Waals surface area contributed by atoms with Crippen molar-refractivity contribution in [2.75, 3.05) is 21.3 Å². The van der Waals surface area contributed by atoms with Gasteiger partial charge in [-0.3, -0.25) is 0 Å². The molecule has 0 bridgehead atoms. The second-order valence-corrected chi connectivity index (χ2v) is 6.23. The molecular weight excluding hydrogens is 224 g/mol. The van der Waals surface area contributed by atoms with Gasteiger partial charge in [-0.05, 0) is 31.3 Å². The average molecular weight is 246 g/mol. The zero-order valence-electron chi connectivity index (χ0n) is 10.7. The van der Waals surface area contributed by atoms with Crippen LogP contribution in [0.15, 0.2) is 11.3 Å². The molecule has 0 aliphatic heterocycles. The van der Waals surface area contributed by atoms with Crippen molar-refractivity contribution in [3.8, 4) is 0 Å². The van der Waals surface area contributed by atoms with Crippen LogP contribution in [0.1, 0.15) is 39.0 Å². The van der Waals surface area contributed by atoms with E-state index in [0.717, 1.165) is 25.0 Å². The van der Waals surface area contributed by atoms with E-state index in [1.54, 1.807) is 21.3 Å². The minimum absolute atomic E-state index is 0.966. The van der Waals surface area contributed by atoms with Crippen LogP contribution < -0.4 is 0 Å². The van der Waals surface area contributed by atoms with E-state index in [-0.39, 0.29) is 0 Å². The quantitative estimate of drug-likeness (QED) is 0.675. The molecule has 5 heteroatoms. The Kier molecular flexibility index (Phi) is 5.47. The maximum Gasteiger partial charge on any atom is 0.748 e. The van der Waals surface area contributed by atoms with Gasteiger partial charge in [0, 0.05) is 27.8 Å². The predicted octanol–water partition coefficient (Wildman–Crippen LogP) is 2.62. The van der Waals surface area contributed by atoms with E-state index in [2.05, 4.69) is 6.92 Å². The highest BCUT2D eigenvalue weighted by molar-refractivity contribution is 6.53. The highest BCUT2D eigenvalue weighted by Crippen LogP contribution is 2.30.